The van der Waals surface area contributed by atoms with Crippen molar-refractivity contribution in [1.29, 1.82) is 0 Å². The van der Waals surface area contributed by atoms with E-state index in [2.05, 4.69) is 10.5 Å². The van der Waals surface area contributed by atoms with Crippen molar-refractivity contribution in [2.24, 2.45) is 0 Å². The molecule has 1 N–H and O–H groups in total. The predicted octanol–water partition coefficient (Wildman–Crippen LogP) is 3.77. The molecule has 0 bridgehead atoms. The SMILES string of the molecule is Cc1onc(-c2ccco2)c1C(=O)Nc1ccc(F)c(F)c1. The van der Waals surface area contributed by atoms with E-state index in [0.717, 1.165) is 12.1 Å². The fourth-order valence-electron chi connectivity index (χ4n) is 1.99. The first-order valence-electron chi connectivity index (χ1n) is 6.33. The molecule has 3 rings (SSSR count). The molecule has 1 aromatic carbocycles. The van der Waals surface area contributed by atoms with E-state index in [-0.39, 0.29) is 22.7 Å². The number of furan rings is 1. The van der Waals surface area contributed by atoms with Crippen LogP contribution in [0, 0.1) is 18.6 Å². The Bertz CT molecular complexity index is 825. The molecule has 0 fully saturated rings. The van der Waals surface area contributed by atoms with Gasteiger partial charge in [-0.25, -0.2) is 8.78 Å². The van der Waals surface area contributed by atoms with Gasteiger partial charge in [0.2, 0.25) is 0 Å². The molecule has 0 atom stereocenters. The minimum atomic E-state index is -1.05. The molecule has 2 aromatic heterocycles. The van der Waals surface area contributed by atoms with Gasteiger partial charge in [0.1, 0.15) is 11.3 Å². The van der Waals surface area contributed by atoms with Gasteiger partial charge in [0.15, 0.2) is 23.1 Å². The van der Waals surface area contributed by atoms with Gasteiger partial charge < -0.3 is 14.3 Å². The lowest BCUT2D eigenvalue weighted by Crippen LogP contribution is -2.13. The van der Waals surface area contributed by atoms with E-state index < -0.39 is 17.5 Å². The lowest BCUT2D eigenvalue weighted by molar-refractivity contribution is 0.102. The lowest BCUT2D eigenvalue weighted by atomic mass is 10.1. The largest absolute Gasteiger partial charge is 0.463 e. The van der Waals surface area contributed by atoms with Gasteiger partial charge >= 0.3 is 0 Å². The smallest absolute Gasteiger partial charge is 0.261 e. The monoisotopic (exact) mass is 304 g/mol. The van der Waals surface area contributed by atoms with Crippen LogP contribution in [0.4, 0.5) is 14.5 Å². The first kappa shape index (κ1) is 14.0. The maximum atomic E-state index is 13.2. The highest BCUT2D eigenvalue weighted by molar-refractivity contribution is 6.08. The average molecular weight is 304 g/mol. The van der Waals surface area contributed by atoms with E-state index in [1.54, 1.807) is 19.1 Å². The fraction of sp³-hybridized carbons (Fsp3) is 0.0667. The number of carbonyl (C=O) groups is 1. The Labute approximate surface area is 123 Å². The van der Waals surface area contributed by atoms with Gasteiger partial charge in [0.05, 0.1) is 6.26 Å². The molecule has 7 heteroatoms. The predicted molar refractivity (Wildman–Crippen MR) is 73.3 cm³/mol. The molecule has 3 aromatic rings. The molecule has 2 heterocycles. The molecule has 0 aliphatic carbocycles. The van der Waals surface area contributed by atoms with E-state index in [1.807, 2.05) is 0 Å². The van der Waals surface area contributed by atoms with Crippen LogP contribution in [0.2, 0.25) is 0 Å². The zero-order chi connectivity index (χ0) is 15.7. The Morgan fingerprint density at radius 3 is 2.73 bits per heavy atom. The third-order valence-corrected chi connectivity index (χ3v) is 3.02. The van der Waals surface area contributed by atoms with E-state index in [0.29, 0.717) is 5.76 Å². The lowest BCUT2D eigenvalue weighted by Gasteiger charge is -2.05. The van der Waals surface area contributed by atoms with Crippen molar-refractivity contribution in [2.75, 3.05) is 5.32 Å². The van der Waals surface area contributed by atoms with Crippen molar-refractivity contribution >= 4 is 11.6 Å². The second kappa shape index (κ2) is 5.44. The molecular formula is C15H10F2N2O3. The third kappa shape index (κ3) is 2.48. The zero-order valence-corrected chi connectivity index (χ0v) is 11.4. The highest BCUT2D eigenvalue weighted by Crippen LogP contribution is 2.26. The van der Waals surface area contributed by atoms with E-state index in [9.17, 15) is 13.6 Å². The number of hydrogen-bond donors (Lipinski definition) is 1. The van der Waals surface area contributed by atoms with Gasteiger partial charge in [-0.05, 0) is 31.2 Å². The second-order valence-electron chi connectivity index (χ2n) is 4.52. The first-order valence-corrected chi connectivity index (χ1v) is 6.33. The van der Waals surface area contributed by atoms with Gasteiger partial charge in [-0.2, -0.15) is 0 Å². The Kier molecular flexibility index (Phi) is 3.46. The number of halogens is 2. The van der Waals surface area contributed by atoms with Crippen LogP contribution in [0.1, 0.15) is 16.1 Å². The molecule has 0 spiro atoms. The van der Waals surface area contributed by atoms with Crippen LogP contribution in [-0.4, -0.2) is 11.1 Å². The minimum Gasteiger partial charge on any atom is -0.463 e. The van der Waals surface area contributed by atoms with Crippen LogP contribution < -0.4 is 5.32 Å². The molecule has 22 heavy (non-hydrogen) atoms. The molecule has 0 aliphatic heterocycles. The Balaban J connectivity index is 1.92. The van der Waals surface area contributed by atoms with Crippen LogP contribution in [-0.2, 0) is 0 Å². The van der Waals surface area contributed by atoms with Crippen LogP contribution in [0.25, 0.3) is 11.5 Å². The van der Waals surface area contributed by atoms with Crippen molar-refractivity contribution in [2.45, 2.75) is 6.92 Å². The second-order valence-corrected chi connectivity index (χ2v) is 4.52. The van der Waals surface area contributed by atoms with Gasteiger partial charge in [-0.15, -0.1) is 0 Å². The standard InChI is InChI=1S/C15H10F2N2O3/c1-8-13(14(19-22-8)12-3-2-6-21-12)15(20)18-9-4-5-10(16)11(17)7-9/h2-7H,1H3,(H,18,20). The number of aryl methyl sites for hydroxylation is 1. The number of nitrogens with one attached hydrogen (secondary N) is 1. The van der Waals surface area contributed by atoms with Crippen molar-refractivity contribution in [3.8, 4) is 11.5 Å². The normalized spacial score (nSPS) is 10.7. The zero-order valence-electron chi connectivity index (χ0n) is 11.4. The summed E-state index contributed by atoms with van der Waals surface area (Å²) >= 11 is 0. The molecule has 0 unspecified atom stereocenters. The quantitative estimate of drug-likeness (QED) is 0.799. The number of aromatic nitrogens is 1. The summed E-state index contributed by atoms with van der Waals surface area (Å²) in [5.74, 6) is -1.95. The average Bonchev–Trinajstić information content (AvgIpc) is 3.11. The van der Waals surface area contributed by atoms with Crippen LogP contribution >= 0.6 is 0 Å². The molecule has 5 nitrogen and oxygen atoms in total. The van der Waals surface area contributed by atoms with Crippen LogP contribution in [0.5, 0.6) is 0 Å². The number of anilines is 1. The highest BCUT2D eigenvalue weighted by Gasteiger charge is 2.23. The topological polar surface area (TPSA) is 68.3 Å². The van der Waals surface area contributed by atoms with Crippen molar-refractivity contribution < 1.29 is 22.5 Å². The van der Waals surface area contributed by atoms with Gasteiger partial charge in [0, 0.05) is 11.8 Å². The summed E-state index contributed by atoms with van der Waals surface area (Å²) in [6.45, 7) is 1.57. The van der Waals surface area contributed by atoms with E-state index >= 15 is 0 Å². The Hall–Kier alpha value is -2.96. The third-order valence-electron chi connectivity index (χ3n) is 3.02. The molecule has 0 saturated carbocycles. The summed E-state index contributed by atoms with van der Waals surface area (Å²) in [5.41, 5.74) is 0.525. The Morgan fingerprint density at radius 2 is 2.05 bits per heavy atom. The molecule has 0 saturated heterocycles. The molecule has 112 valence electrons. The van der Waals surface area contributed by atoms with Gasteiger partial charge in [-0.1, -0.05) is 5.16 Å². The molecule has 0 aliphatic rings. The minimum absolute atomic E-state index is 0.120. The highest BCUT2D eigenvalue weighted by atomic mass is 19.2. The summed E-state index contributed by atoms with van der Waals surface area (Å²) in [6.07, 6.45) is 1.44. The van der Waals surface area contributed by atoms with Gasteiger partial charge in [0.25, 0.3) is 5.91 Å². The van der Waals surface area contributed by atoms with E-state index in [4.69, 9.17) is 8.94 Å². The maximum Gasteiger partial charge on any atom is 0.261 e. The number of nitrogens with zero attached hydrogens (tertiary/aromatic N) is 1. The van der Waals surface area contributed by atoms with E-state index in [1.165, 1.54) is 12.3 Å². The number of carbonyl (C=O) groups excluding carboxylic acids is 1. The maximum absolute atomic E-state index is 13.2. The van der Waals surface area contributed by atoms with Crippen LogP contribution in [0.3, 0.4) is 0 Å². The van der Waals surface area contributed by atoms with Crippen molar-refractivity contribution in [3.63, 3.8) is 0 Å². The summed E-state index contributed by atoms with van der Waals surface area (Å²) in [4.78, 5) is 12.3. The Morgan fingerprint density at radius 1 is 1.23 bits per heavy atom. The molecule has 1 amide bonds. The fourth-order valence-corrected chi connectivity index (χ4v) is 1.99. The number of amides is 1. The number of benzene rings is 1. The summed E-state index contributed by atoms with van der Waals surface area (Å²) in [7, 11) is 0. The summed E-state index contributed by atoms with van der Waals surface area (Å²) in [5, 5.41) is 6.26. The molecular weight excluding hydrogens is 294 g/mol. The van der Waals surface area contributed by atoms with Crippen molar-refractivity contribution in [3.05, 3.63) is 59.6 Å². The van der Waals surface area contributed by atoms with Crippen LogP contribution in [0.15, 0.2) is 45.5 Å². The molecule has 0 radical (unpaired) electrons. The number of rotatable bonds is 3. The summed E-state index contributed by atoms with van der Waals surface area (Å²) < 4.78 is 36.3. The van der Waals surface area contributed by atoms with Gasteiger partial charge in [-0.3, -0.25) is 4.79 Å². The summed E-state index contributed by atoms with van der Waals surface area (Å²) in [6, 6.07) is 6.36. The first-order chi connectivity index (χ1) is 10.6. The number of hydrogen-bond acceptors (Lipinski definition) is 4. The van der Waals surface area contributed by atoms with Crippen molar-refractivity contribution in [1.82, 2.24) is 5.16 Å².